The molecule has 1 aromatic carbocycles. The van der Waals surface area contributed by atoms with Crippen molar-refractivity contribution in [1.29, 1.82) is 0 Å². The van der Waals surface area contributed by atoms with E-state index in [4.69, 9.17) is 4.74 Å². The lowest BCUT2D eigenvalue weighted by molar-refractivity contribution is 0.102. The number of nitrogens with zero attached hydrogens (tertiary/aromatic N) is 4. The fourth-order valence-corrected chi connectivity index (χ4v) is 2.84. The van der Waals surface area contributed by atoms with E-state index in [1.54, 1.807) is 32.4 Å². The second-order valence-corrected chi connectivity index (χ2v) is 6.18. The number of methoxy groups -OCH3 is 1. The molecule has 0 aliphatic rings. The van der Waals surface area contributed by atoms with E-state index in [0.717, 1.165) is 0 Å². The summed E-state index contributed by atoms with van der Waals surface area (Å²) in [5.74, 6) is -0.341. The first-order valence-corrected chi connectivity index (χ1v) is 7.94. The lowest BCUT2D eigenvalue weighted by atomic mass is 10.1. The molecule has 3 rings (SSSR count). The summed E-state index contributed by atoms with van der Waals surface area (Å²) in [6, 6.07) is 4.75. The molecule has 0 spiro atoms. The van der Waals surface area contributed by atoms with Crippen molar-refractivity contribution in [2.45, 2.75) is 13.0 Å². The molecule has 1 amide bonds. The quantitative estimate of drug-likeness (QED) is 0.773. The maximum atomic E-state index is 12.3. The minimum atomic E-state index is -0.341. The van der Waals surface area contributed by atoms with E-state index in [0.29, 0.717) is 26.6 Å². The van der Waals surface area contributed by atoms with Crippen LogP contribution in [0.1, 0.15) is 28.4 Å². The number of aromatic nitrogens is 4. The molecule has 1 N–H and O–H groups in total. The maximum absolute atomic E-state index is 12.3. The van der Waals surface area contributed by atoms with Gasteiger partial charge >= 0.3 is 0 Å². The summed E-state index contributed by atoms with van der Waals surface area (Å²) in [5, 5.41) is 12.1. The van der Waals surface area contributed by atoms with Gasteiger partial charge in [0.05, 0.1) is 17.2 Å². The highest BCUT2D eigenvalue weighted by Gasteiger charge is 2.14. The van der Waals surface area contributed by atoms with Crippen molar-refractivity contribution in [3.8, 4) is 0 Å². The van der Waals surface area contributed by atoms with Crippen LogP contribution in [0.5, 0.6) is 0 Å². The van der Waals surface area contributed by atoms with Crippen LogP contribution in [0.25, 0.3) is 10.9 Å². The van der Waals surface area contributed by atoms with Crippen molar-refractivity contribution in [3.05, 3.63) is 45.5 Å². The Bertz CT molecular complexity index is 965. The van der Waals surface area contributed by atoms with Gasteiger partial charge in [0.15, 0.2) is 0 Å². The number of aryl methyl sites for hydroxylation is 1. The third-order valence-electron chi connectivity index (χ3n) is 3.54. The molecule has 0 aliphatic carbocycles. The smallest absolute Gasteiger partial charge is 0.260 e. The number of amides is 1. The Kier molecular flexibility index (Phi) is 4.36. The molecule has 24 heavy (non-hydrogen) atoms. The van der Waals surface area contributed by atoms with Crippen LogP contribution in [0.15, 0.2) is 29.3 Å². The molecule has 1 unspecified atom stereocenters. The largest absolute Gasteiger partial charge is 0.374 e. The molecule has 0 bridgehead atoms. The fourth-order valence-electron chi connectivity index (χ4n) is 2.07. The van der Waals surface area contributed by atoms with Crippen LogP contribution in [0, 0.1) is 0 Å². The second-order valence-electron chi connectivity index (χ2n) is 5.17. The first-order chi connectivity index (χ1) is 11.5. The third-order valence-corrected chi connectivity index (χ3v) is 4.54. The minimum Gasteiger partial charge on any atom is -0.374 e. The summed E-state index contributed by atoms with van der Waals surface area (Å²) in [7, 11) is 3.21. The Hall–Kier alpha value is -2.65. The van der Waals surface area contributed by atoms with Crippen molar-refractivity contribution >= 4 is 33.3 Å². The predicted molar refractivity (Wildman–Crippen MR) is 90.3 cm³/mol. The first kappa shape index (κ1) is 16.2. The van der Waals surface area contributed by atoms with Gasteiger partial charge in [-0.2, -0.15) is 0 Å². The summed E-state index contributed by atoms with van der Waals surface area (Å²) in [6.07, 6.45) is 1.24. The Labute approximate surface area is 141 Å². The van der Waals surface area contributed by atoms with Gasteiger partial charge in [0, 0.05) is 19.7 Å². The topological polar surface area (TPSA) is 99.0 Å². The molecule has 124 valence electrons. The summed E-state index contributed by atoms with van der Waals surface area (Å²) in [4.78, 5) is 28.5. The molecule has 3 aromatic rings. The van der Waals surface area contributed by atoms with Gasteiger partial charge in [0.1, 0.15) is 11.1 Å². The van der Waals surface area contributed by atoms with E-state index in [-0.39, 0.29) is 17.6 Å². The zero-order valence-electron chi connectivity index (χ0n) is 13.3. The van der Waals surface area contributed by atoms with Gasteiger partial charge in [0.2, 0.25) is 5.13 Å². The average Bonchev–Trinajstić information content (AvgIpc) is 3.05. The number of rotatable bonds is 4. The maximum Gasteiger partial charge on any atom is 0.260 e. The Morgan fingerprint density at radius 3 is 2.92 bits per heavy atom. The van der Waals surface area contributed by atoms with E-state index >= 15 is 0 Å². The normalized spacial score (nSPS) is 12.3. The van der Waals surface area contributed by atoms with Crippen molar-refractivity contribution in [2.75, 3.05) is 12.4 Å². The number of hydrogen-bond acceptors (Lipinski definition) is 7. The van der Waals surface area contributed by atoms with Crippen molar-refractivity contribution in [3.63, 3.8) is 0 Å². The van der Waals surface area contributed by atoms with Crippen molar-refractivity contribution in [2.24, 2.45) is 7.05 Å². The molecule has 0 fully saturated rings. The van der Waals surface area contributed by atoms with E-state index in [2.05, 4.69) is 20.5 Å². The van der Waals surface area contributed by atoms with Gasteiger partial charge in [-0.3, -0.25) is 14.9 Å². The van der Waals surface area contributed by atoms with Gasteiger partial charge in [-0.15, -0.1) is 10.2 Å². The van der Waals surface area contributed by atoms with E-state index < -0.39 is 0 Å². The monoisotopic (exact) mass is 345 g/mol. The van der Waals surface area contributed by atoms with Crippen LogP contribution in [0.4, 0.5) is 5.13 Å². The average molecular weight is 345 g/mol. The van der Waals surface area contributed by atoms with Crippen LogP contribution in [-0.2, 0) is 11.8 Å². The molecular weight excluding hydrogens is 330 g/mol. The Morgan fingerprint density at radius 1 is 1.38 bits per heavy atom. The Balaban J connectivity index is 1.85. The number of nitrogens with one attached hydrogen (secondary N) is 1. The number of hydrogen-bond donors (Lipinski definition) is 1. The molecule has 0 saturated heterocycles. The minimum absolute atomic E-state index is 0.158. The summed E-state index contributed by atoms with van der Waals surface area (Å²) >= 11 is 1.25. The van der Waals surface area contributed by atoms with Crippen LogP contribution in [0.2, 0.25) is 0 Å². The number of carbonyl (C=O) groups is 1. The number of benzene rings is 1. The fraction of sp³-hybridized carbons (Fsp3) is 0.267. The second kappa shape index (κ2) is 6.46. The molecule has 0 radical (unpaired) electrons. The molecule has 2 aromatic heterocycles. The van der Waals surface area contributed by atoms with Crippen molar-refractivity contribution < 1.29 is 9.53 Å². The Morgan fingerprint density at radius 2 is 2.17 bits per heavy atom. The van der Waals surface area contributed by atoms with Crippen LogP contribution >= 0.6 is 11.3 Å². The predicted octanol–water partition coefficient (Wildman–Crippen LogP) is 1.74. The highest BCUT2D eigenvalue weighted by atomic mass is 32.1. The third kappa shape index (κ3) is 3.03. The number of ether oxygens (including phenoxy) is 1. The van der Waals surface area contributed by atoms with Gasteiger partial charge in [-0.05, 0) is 25.1 Å². The van der Waals surface area contributed by atoms with E-state index in [1.165, 1.54) is 22.2 Å². The molecule has 2 heterocycles. The number of anilines is 1. The van der Waals surface area contributed by atoms with Crippen molar-refractivity contribution in [1.82, 2.24) is 19.7 Å². The summed E-state index contributed by atoms with van der Waals surface area (Å²) in [5.41, 5.74) is 0.700. The highest BCUT2D eigenvalue weighted by molar-refractivity contribution is 7.15. The van der Waals surface area contributed by atoms with Crippen LogP contribution < -0.4 is 10.9 Å². The van der Waals surface area contributed by atoms with Crippen LogP contribution in [0.3, 0.4) is 0 Å². The molecule has 0 saturated carbocycles. The number of carbonyl (C=O) groups excluding carboxylic acids is 1. The first-order valence-electron chi connectivity index (χ1n) is 7.12. The van der Waals surface area contributed by atoms with Gasteiger partial charge in [-0.25, -0.2) is 4.98 Å². The zero-order chi connectivity index (χ0) is 17.3. The summed E-state index contributed by atoms with van der Waals surface area (Å²) in [6.45, 7) is 1.85. The summed E-state index contributed by atoms with van der Waals surface area (Å²) < 4.78 is 6.55. The highest BCUT2D eigenvalue weighted by Crippen LogP contribution is 2.23. The molecular formula is C15H15N5O3S. The van der Waals surface area contributed by atoms with E-state index in [9.17, 15) is 9.59 Å². The van der Waals surface area contributed by atoms with Crippen LogP contribution in [-0.4, -0.2) is 32.8 Å². The number of fused-ring (bicyclic) bond motifs is 1. The van der Waals surface area contributed by atoms with Gasteiger partial charge in [-0.1, -0.05) is 11.3 Å². The molecule has 8 nitrogen and oxygen atoms in total. The SMILES string of the molecule is COC(C)c1nnc(NC(=O)c2ccc3c(=O)n(C)cnc3c2)s1. The van der Waals surface area contributed by atoms with Gasteiger partial charge < -0.3 is 9.30 Å². The molecule has 1 atom stereocenters. The van der Waals surface area contributed by atoms with Gasteiger partial charge in [0.25, 0.3) is 11.5 Å². The lowest BCUT2D eigenvalue weighted by Gasteiger charge is -2.04. The standard InChI is InChI=1S/C15H15N5O3S/c1-8(23-3)13-18-19-15(24-13)17-12(21)9-4-5-10-11(6-9)16-7-20(2)14(10)22/h4-8H,1-3H3,(H,17,19,21). The molecule has 9 heteroatoms. The lowest BCUT2D eigenvalue weighted by Crippen LogP contribution is -2.17. The van der Waals surface area contributed by atoms with E-state index in [1.807, 2.05) is 6.92 Å². The molecule has 0 aliphatic heterocycles. The zero-order valence-corrected chi connectivity index (χ0v) is 14.1.